The molecule has 0 radical (unpaired) electrons. The summed E-state index contributed by atoms with van der Waals surface area (Å²) in [4.78, 5) is 13.6. The highest BCUT2D eigenvalue weighted by atomic mass is 35.5. The number of hydrogen-bond acceptors (Lipinski definition) is 5. The zero-order valence-corrected chi connectivity index (χ0v) is 16.1. The third-order valence-electron chi connectivity index (χ3n) is 4.25. The van der Waals surface area contributed by atoms with Crippen LogP contribution in [0.2, 0.25) is 15.2 Å². The number of primary amides is 1. The smallest absolute Gasteiger partial charge is 0.252 e. The fourth-order valence-corrected chi connectivity index (χ4v) is 3.57. The standard InChI is InChI=1S/C17H17Cl3N4O2/c18-11-5-12(19)7-13(6-11)26-9-10-1-3-24(4-2-10)17-14(16(21)25)8-15(20)22-23-17/h5-8,10H,1-4,9H2,(H2,21,25). The van der Waals surface area contributed by atoms with Crippen LogP contribution in [0.4, 0.5) is 5.82 Å². The number of ether oxygens (including phenoxy) is 1. The Morgan fingerprint density at radius 2 is 1.77 bits per heavy atom. The zero-order valence-electron chi connectivity index (χ0n) is 13.8. The lowest BCUT2D eigenvalue weighted by Gasteiger charge is -2.33. The van der Waals surface area contributed by atoms with Crippen LogP contribution in [0.1, 0.15) is 23.2 Å². The minimum Gasteiger partial charge on any atom is -0.493 e. The van der Waals surface area contributed by atoms with Crippen molar-refractivity contribution in [1.82, 2.24) is 10.2 Å². The molecule has 9 heteroatoms. The van der Waals surface area contributed by atoms with Gasteiger partial charge in [0.2, 0.25) is 0 Å². The molecule has 3 rings (SSSR count). The van der Waals surface area contributed by atoms with E-state index in [1.807, 2.05) is 4.90 Å². The van der Waals surface area contributed by atoms with Crippen LogP contribution in [-0.4, -0.2) is 35.8 Å². The molecule has 2 N–H and O–H groups in total. The Hall–Kier alpha value is -1.76. The summed E-state index contributed by atoms with van der Waals surface area (Å²) < 4.78 is 5.82. The maximum atomic E-state index is 11.6. The predicted octanol–water partition coefficient (Wildman–Crippen LogP) is 3.83. The molecule has 1 aliphatic heterocycles. The fraction of sp³-hybridized carbons (Fsp3) is 0.353. The molecule has 0 atom stereocenters. The molecule has 26 heavy (non-hydrogen) atoms. The van der Waals surface area contributed by atoms with Gasteiger partial charge in [-0.25, -0.2) is 0 Å². The average Bonchev–Trinajstić information content (AvgIpc) is 2.59. The number of carbonyl (C=O) groups excluding carboxylic acids is 1. The van der Waals surface area contributed by atoms with E-state index in [-0.39, 0.29) is 10.7 Å². The normalized spacial score (nSPS) is 15.1. The predicted molar refractivity (Wildman–Crippen MR) is 102 cm³/mol. The van der Waals surface area contributed by atoms with E-state index in [0.717, 1.165) is 25.9 Å². The minimum atomic E-state index is -0.569. The van der Waals surface area contributed by atoms with Crippen LogP contribution in [0.15, 0.2) is 24.3 Å². The Morgan fingerprint density at radius 3 is 2.38 bits per heavy atom. The molecule has 2 aromatic rings. The van der Waals surface area contributed by atoms with E-state index in [1.165, 1.54) is 6.07 Å². The van der Waals surface area contributed by atoms with Gasteiger partial charge in [0, 0.05) is 23.1 Å². The van der Waals surface area contributed by atoms with Crippen molar-refractivity contribution >= 4 is 46.5 Å². The van der Waals surface area contributed by atoms with Gasteiger partial charge < -0.3 is 15.4 Å². The first-order valence-electron chi connectivity index (χ1n) is 8.09. The second-order valence-electron chi connectivity index (χ2n) is 6.12. The Bertz CT molecular complexity index is 790. The number of piperidine rings is 1. The lowest BCUT2D eigenvalue weighted by Crippen LogP contribution is -2.37. The Labute approximate surface area is 166 Å². The van der Waals surface area contributed by atoms with Crippen molar-refractivity contribution in [2.45, 2.75) is 12.8 Å². The van der Waals surface area contributed by atoms with Crippen LogP contribution in [0.3, 0.4) is 0 Å². The maximum Gasteiger partial charge on any atom is 0.252 e. The molecule has 0 bridgehead atoms. The van der Waals surface area contributed by atoms with E-state index in [2.05, 4.69) is 10.2 Å². The summed E-state index contributed by atoms with van der Waals surface area (Å²) in [5.74, 6) is 0.939. The molecule has 1 aliphatic rings. The molecule has 1 amide bonds. The summed E-state index contributed by atoms with van der Waals surface area (Å²) in [7, 11) is 0. The van der Waals surface area contributed by atoms with Gasteiger partial charge in [-0.3, -0.25) is 4.79 Å². The quantitative estimate of drug-likeness (QED) is 0.802. The highest BCUT2D eigenvalue weighted by Crippen LogP contribution is 2.28. The van der Waals surface area contributed by atoms with E-state index in [1.54, 1.807) is 18.2 Å². The number of amides is 1. The lowest BCUT2D eigenvalue weighted by molar-refractivity contribution is 0.1000. The van der Waals surface area contributed by atoms with Gasteiger partial charge in [0.25, 0.3) is 5.91 Å². The van der Waals surface area contributed by atoms with E-state index in [4.69, 9.17) is 45.3 Å². The second kappa shape index (κ2) is 8.29. The first kappa shape index (κ1) is 19.0. The topological polar surface area (TPSA) is 81.3 Å². The van der Waals surface area contributed by atoms with E-state index in [9.17, 15) is 4.79 Å². The van der Waals surface area contributed by atoms with Crippen molar-refractivity contribution in [3.63, 3.8) is 0 Å². The number of anilines is 1. The van der Waals surface area contributed by atoms with Gasteiger partial charge >= 0.3 is 0 Å². The molecule has 1 aromatic carbocycles. The molecule has 1 aromatic heterocycles. The van der Waals surface area contributed by atoms with E-state index in [0.29, 0.717) is 34.1 Å². The molecule has 1 fully saturated rings. The van der Waals surface area contributed by atoms with Gasteiger partial charge in [-0.15, -0.1) is 10.2 Å². The third-order valence-corrected chi connectivity index (χ3v) is 4.87. The van der Waals surface area contributed by atoms with Crippen LogP contribution in [-0.2, 0) is 0 Å². The molecule has 2 heterocycles. The molecular formula is C17H17Cl3N4O2. The molecule has 1 saturated heterocycles. The van der Waals surface area contributed by atoms with Crippen LogP contribution >= 0.6 is 34.8 Å². The van der Waals surface area contributed by atoms with Gasteiger partial charge in [0.1, 0.15) is 5.75 Å². The number of nitrogens with zero attached hydrogens (tertiary/aromatic N) is 3. The molecule has 0 spiro atoms. The minimum absolute atomic E-state index is 0.144. The van der Waals surface area contributed by atoms with E-state index >= 15 is 0 Å². The third kappa shape index (κ3) is 4.69. The number of aromatic nitrogens is 2. The van der Waals surface area contributed by atoms with Crippen molar-refractivity contribution in [3.8, 4) is 5.75 Å². The summed E-state index contributed by atoms with van der Waals surface area (Å²) in [6.07, 6.45) is 1.77. The van der Waals surface area contributed by atoms with Crippen LogP contribution in [0, 0.1) is 5.92 Å². The lowest BCUT2D eigenvalue weighted by atomic mass is 9.97. The number of carbonyl (C=O) groups is 1. The molecule has 6 nitrogen and oxygen atoms in total. The van der Waals surface area contributed by atoms with Crippen LogP contribution in [0.25, 0.3) is 0 Å². The number of nitrogens with two attached hydrogens (primary N) is 1. The van der Waals surface area contributed by atoms with Gasteiger partial charge in [-0.1, -0.05) is 34.8 Å². The molecule has 0 saturated carbocycles. The number of rotatable bonds is 5. The fourth-order valence-electron chi connectivity index (χ4n) is 2.91. The van der Waals surface area contributed by atoms with E-state index < -0.39 is 5.91 Å². The summed E-state index contributed by atoms with van der Waals surface area (Å²) >= 11 is 17.8. The van der Waals surface area contributed by atoms with Gasteiger partial charge in [0.15, 0.2) is 11.0 Å². The second-order valence-corrected chi connectivity index (χ2v) is 7.38. The summed E-state index contributed by atoms with van der Waals surface area (Å²) in [6, 6.07) is 6.60. The Balaban J connectivity index is 1.58. The van der Waals surface area contributed by atoms with Crippen molar-refractivity contribution in [1.29, 1.82) is 0 Å². The largest absolute Gasteiger partial charge is 0.493 e. The SMILES string of the molecule is NC(=O)c1cc(Cl)nnc1N1CCC(COc2cc(Cl)cc(Cl)c2)CC1. The first-order valence-corrected chi connectivity index (χ1v) is 9.22. The zero-order chi connectivity index (χ0) is 18.7. The monoisotopic (exact) mass is 414 g/mol. The van der Waals surface area contributed by atoms with Crippen LogP contribution in [0.5, 0.6) is 5.75 Å². The highest BCUT2D eigenvalue weighted by molar-refractivity contribution is 6.34. The molecular weight excluding hydrogens is 399 g/mol. The average molecular weight is 416 g/mol. The first-order chi connectivity index (χ1) is 12.4. The van der Waals surface area contributed by atoms with Gasteiger partial charge in [-0.2, -0.15) is 0 Å². The van der Waals surface area contributed by atoms with Gasteiger partial charge in [0.05, 0.1) is 12.2 Å². The highest BCUT2D eigenvalue weighted by Gasteiger charge is 2.24. The summed E-state index contributed by atoms with van der Waals surface area (Å²) in [6.45, 7) is 2.02. The van der Waals surface area contributed by atoms with Gasteiger partial charge in [-0.05, 0) is 43.0 Å². The van der Waals surface area contributed by atoms with Crippen molar-refractivity contribution in [2.24, 2.45) is 11.7 Å². The molecule has 0 aliphatic carbocycles. The Kier molecular flexibility index (Phi) is 6.06. The summed E-state index contributed by atoms with van der Waals surface area (Å²) in [5, 5.41) is 9.10. The number of hydrogen-bond donors (Lipinski definition) is 1. The maximum absolute atomic E-state index is 11.6. The Morgan fingerprint density at radius 1 is 1.12 bits per heavy atom. The molecule has 138 valence electrons. The molecule has 0 unspecified atom stereocenters. The van der Waals surface area contributed by atoms with Crippen molar-refractivity contribution < 1.29 is 9.53 Å². The number of benzene rings is 1. The van der Waals surface area contributed by atoms with Crippen LogP contribution < -0.4 is 15.4 Å². The number of halogens is 3. The van der Waals surface area contributed by atoms with Crippen molar-refractivity contribution in [2.75, 3.05) is 24.6 Å². The van der Waals surface area contributed by atoms with Crippen molar-refractivity contribution in [3.05, 3.63) is 45.0 Å². The summed E-state index contributed by atoms with van der Waals surface area (Å²) in [5.41, 5.74) is 5.71.